The van der Waals surface area contributed by atoms with Crippen LogP contribution >= 0.6 is 23.2 Å². The van der Waals surface area contributed by atoms with Crippen molar-refractivity contribution in [2.24, 2.45) is 4.99 Å². The van der Waals surface area contributed by atoms with E-state index < -0.39 is 11.9 Å². The van der Waals surface area contributed by atoms with Crippen LogP contribution in [0.5, 0.6) is 5.75 Å². The lowest BCUT2D eigenvalue weighted by molar-refractivity contribution is -0.129. The lowest BCUT2D eigenvalue weighted by Crippen LogP contribution is -2.08. The first-order valence-corrected chi connectivity index (χ1v) is 10.0. The first-order valence-electron chi connectivity index (χ1n) is 9.26. The van der Waals surface area contributed by atoms with Gasteiger partial charge in [-0.15, -0.1) is 0 Å². The summed E-state index contributed by atoms with van der Waals surface area (Å²) in [6, 6.07) is 18.7. The SMILES string of the molecule is Cc1cccc(C2=N/C(=C/c3ccc(OC(=O)c4ccc(Cl)c(Cl)c4)cc3)C(=O)O2)c1. The van der Waals surface area contributed by atoms with Gasteiger partial charge in [-0.25, -0.2) is 14.6 Å². The Morgan fingerprint density at radius 3 is 2.48 bits per heavy atom. The number of carbonyl (C=O) groups is 2. The maximum atomic E-state index is 12.3. The fraction of sp³-hybridized carbons (Fsp3) is 0.0417. The van der Waals surface area contributed by atoms with Crippen LogP contribution in [0.2, 0.25) is 10.0 Å². The number of aliphatic imine (C=N–C) groups is 1. The van der Waals surface area contributed by atoms with E-state index in [2.05, 4.69) is 4.99 Å². The molecule has 3 aromatic carbocycles. The van der Waals surface area contributed by atoms with E-state index >= 15 is 0 Å². The van der Waals surface area contributed by atoms with Crippen LogP contribution in [-0.4, -0.2) is 17.8 Å². The normalized spacial score (nSPS) is 14.4. The molecule has 0 atom stereocenters. The Morgan fingerprint density at radius 1 is 1.00 bits per heavy atom. The summed E-state index contributed by atoms with van der Waals surface area (Å²) in [6.07, 6.45) is 1.61. The van der Waals surface area contributed by atoms with Crippen LogP contribution in [0.15, 0.2) is 77.4 Å². The summed E-state index contributed by atoms with van der Waals surface area (Å²) < 4.78 is 10.6. The van der Waals surface area contributed by atoms with E-state index in [1.54, 1.807) is 30.3 Å². The molecule has 7 heteroatoms. The molecule has 0 unspecified atom stereocenters. The van der Waals surface area contributed by atoms with Gasteiger partial charge in [0.05, 0.1) is 15.6 Å². The minimum atomic E-state index is -0.559. The van der Waals surface area contributed by atoms with Crippen LogP contribution in [0.3, 0.4) is 0 Å². The van der Waals surface area contributed by atoms with E-state index in [1.165, 1.54) is 18.2 Å². The summed E-state index contributed by atoms with van der Waals surface area (Å²) in [5.41, 5.74) is 2.96. The summed E-state index contributed by atoms with van der Waals surface area (Å²) in [4.78, 5) is 28.7. The molecule has 0 bridgehead atoms. The van der Waals surface area contributed by atoms with Gasteiger partial charge in [-0.1, -0.05) is 53.0 Å². The molecule has 1 heterocycles. The predicted molar refractivity (Wildman–Crippen MR) is 120 cm³/mol. The molecule has 0 saturated heterocycles. The van der Waals surface area contributed by atoms with Crippen molar-refractivity contribution in [3.05, 3.63) is 105 Å². The fourth-order valence-corrected chi connectivity index (χ4v) is 3.19. The molecule has 0 spiro atoms. The Bertz CT molecular complexity index is 1250. The molecule has 0 N–H and O–H groups in total. The van der Waals surface area contributed by atoms with Gasteiger partial charge in [-0.2, -0.15) is 0 Å². The summed E-state index contributed by atoms with van der Waals surface area (Å²) in [7, 11) is 0. The topological polar surface area (TPSA) is 65.0 Å². The Morgan fingerprint density at radius 2 is 1.77 bits per heavy atom. The third kappa shape index (κ3) is 4.85. The molecule has 0 aliphatic carbocycles. The quantitative estimate of drug-likeness (QED) is 0.282. The smallest absolute Gasteiger partial charge is 0.363 e. The molecule has 1 aliphatic rings. The molecule has 5 nitrogen and oxygen atoms in total. The van der Waals surface area contributed by atoms with Crippen molar-refractivity contribution in [3.8, 4) is 5.75 Å². The van der Waals surface area contributed by atoms with Crippen LogP contribution in [-0.2, 0) is 9.53 Å². The van der Waals surface area contributed by atoms with E-state index in [0.29, 0.717) is 16.3 Å². The van der Waals surface area contributed by atoms with Gasteiger partial charge in [-0.05, 0) is 61.0 Å². The van der Waals surface area contributed by atoms with Gasteiger partial charge < -0.3 is 9.47 Å². The molecule has 0 fully saturated rings. The summed E-state index contributed by atoms with van der Waals surface area (Å²) in [6.45, 7) is 1.95. The molecule has 0 amide bonds. The zero-order valence-corrected chi connectivity index (χ0v) is 17.8. The third-order valence-electron chi connectivity index (χ3n) is 4.43. The van der Waals surface area contributed by atoms with E-state index in [4.69, 9.17) is 32.7 Å². The van der Waals surface area contributed by atoms with E-state index in [0.717, 1.165) is 11.1 Å². The Labute approximate surface area is 188 Å². The number of carbonyl (C=O) groups excluding carboxylic acids is 2. The molecule has 1 aliphatic heterocycles. The zero-order chi connectivity index (χ0) is 22.0. The van der Waals surface area contributed by atoms with Crippen LogP contribution < -0.4 is 4.74 Å². The maximum absolute atomic E-state index is 12.3. The van der Waals surface area contributed by atoms with Gasteiger partial charge >= 0.3 is 11.9 Å². The second-order valence-corrected chi connectivity index (χ2v) is 7.61. The van der Waals surface area contributed by atoms with Crippen molar-refractivity contribution < 1.29 is 19.1 Å². The molecule has 0 saturated carbocycles. The fourth-order valence-electron chi connectivity index (χ4n) is 2.89. The lowest BCUT2D eigenvalue weighted by atomic mass is 10.1. The number of hydrogen-bond donors (Lipinski definition) is 0. The number of rotatable bonds is 4. The largest absolute Gasteiger partial charge is 0.423 e. The van der Waals surface area contributed by atoms with Gasteiger partial charge in [0.15, 0.2) is 5.70 Å². The highest BCUT2D eigenvalue weighted by atomic mass is 35.5. The van der Waals surface area contributed by atoms with E-state index in [9.17, 15) is 9.59 Å². The first-order chi connectivity index (χ1) is 14.9. The number of benzene rings is 3. The summed E-state index contributed by atoms with van der Waals surface area (Å²) >= 11 is 11.8. The second-order valence-electron chi connectivity index (χ2n) is 6.79. The average Bonchev–Trinajstić information content (AvgIpc) is 3.12. The Kier molecular flexibility index (Phi) is 5.89. The van der Waals surface area contributed by atoms with Crippen LogP contribution in [0.4, 0.5) is 0 Å². The number of ether oxygens (including phenoxy) is 2. The number of esters is 2. The highest BCUT2D eigenvalue weighted by Gasteiger charge is 2.24. The highest BCUT2D eigenvalue weighted by molar-refractivity contribution is 6.42. The first kappa shape index (κ1) is 20.8. The van der Waals surface area contributed by atoms with Crippen molar-refractivity contribution in [1.82, 2.24) is 0 Å². The van der Waals surface area contributed by atoms with Crippen molar-refractivity contribution in [1.29, 1.82) is 0 Å². The summed E-state index contributed by atoms with van der Waals surface area (Å²) in [5, 5.41) is 0.626. The number of cyclic esters (lactones) is 1. The zero-order valence-electron chi connectivity index (χ0n) is 16.3. The predicted octanol–water partition coefficient (Wildman–Crippen LogP) is 5.87. The van der Waals surface area contributed by atoms with E-state index in [-0.39, 0.29) is 22.2 Å². The number of hydrogen-bond acceptors (Lipinski definition) is 5. The van der Waals surface area contributed by atoms with Crippen molar-refractivity contribution in [3.63, 3.8) is 0 Å². The minimum Gasteiger partial charge on any atom is -0.423 e. The van der Waals surface area contributed by atoms with Gasteiger partial charge in [0.25, 0.3) is 0 Å². The third-order valence-corrected chi connectivity index (χ3v) is 5.17. The number of nitrogens with zero attached hydrogens (tertiary/aromatic N) is 1. The molecule has 0 radical (unpaired) electrons. The lowest BCUT2D eigenvalue weighted by Gasteiger charge is -2.05. The van der Waals surface area contributed by atoms with Crippen molar-refractivity contribution >= 4 is 47.1 Å². The van der Waals surface area contributed by atoms with E-state index in [1.807, 2.05) is 31.2 Å². The van der Waals surface area contributed by atoms with Gasteiger partial charge in [0.1, 0.15) is 5.75 Å². The maximum Gasteiger partial charge on any atom is 0.363 e. The standard InChI is InChI=1S/C24H15Cl2NO4/c1-14-3-2-4-16(11-14)22-27-21(24(29)31-22)12-15-5-8-18(9-6-15)30-23(28)17-7-10-19(25)20(26)13-17/h2-13H,1H3/b21-12+. The van der Waals surface area contributed by atoms with Gasteiger partial charge in [-0.3, -0.25) is 0 Å². The van der Waals surface area contributed by atoms with Gasteiger partial charge in [0.2, 0.25) is 5.90 Å². The molecule has 31 heavy (non-hydrogen) atoms. The summed E-state index contributed by atoms with van der Waals surface area (Å²) in [5.74, 6) is -0.466. The molecule has 0 aromatic heterocycles. The molecular formula is C24H15Cl2NO4. The van der Waals surface area contributed by atoms with Crippen LogP contribution in [0, 0.1) is 6.92 Å². The Hall–Kier alpha value is -3.41. The molecule has 4 rings (SSSR count). The molecule has 154 valence electrons. The van der Waals surface area contributed by atoms with Crippen molar-refractivity contribution in [2.75, 3.05) is 0 Å². The second kappa shape index (κ2) is 8.76. The van der Waals surface area contributed by atoms with Crippen LogP contribution in [0.25, 0.3) is 6.08 Å². The monoisotopic (exact) mass is 451 g/mol. The number of aryl methyl sites for hydroxylation is 1. The van der Waals surface area contributed by atoms with Crippen molar-refractivity contribution in [2.45, 2.75) is 6.92 Å². The van der Waals surface area contributed by atoms with Gasteiger partial charge in [0, 0.05) is 5.56 Å². The number of halogens is 2. The Balaban J connectivity index is 1.49. The average molecular weight is 452 g/mol. The molecular weight excluding hydrogens is 437 g/mol. The molecule has 3 aromatic rings. The highest BCUT2D eigenvalue weighted by Crippen LogP contribution is 2.24. The van der Waals surface area contributed by atoms with Crippen LogP contribution in [0.1, 0.15) is 27.0 Å². The minimum absolute atomic E-state index is 0.192.